The van der Waals surface area contributed by atoms with Crippen LogP contribution in [-0.2, 0) is 9.53 Å². The van der Waals surface area contributed by atoms with Crippen molar-refractivity contribution in [3.63, 3.8) is 0 Å². The van der Waals surface area contributed by atoms with Crippen molar-refractivity contribution >= 4 is 22.4 Å². The van der Waals surface area contributed by atoms with Crippen LogP contribution in [0.4, 0.5) is 5.69 Å². The van der Waals surface area contributed by atoms with E-state index in [1.54, 1.807) is 0 Å². The highest BCUT2D eigenvalue weighted by Crippen LogP contribution is 2.29. The van der Waals surface area contributed by atoms with Crippen LogP contribution in [0.5, 0.6) is 0 Å². The average Bonchev–Trinajstić information content (AvgIpc) is 2.54. The lowest BCUT2D eigenvalue weighted by Gasteiger charge is -2.24. The van der Waals surface area contributed by atoms with Gasteiger partial charge in [-0.25, -0.2) is 0 Å². The first-order valence-corrected chi connectivity index (χ1v) is 6.94. The Balaban J connectivity index is 2.40. The number of ether oxygens (including phenoxy) is 1. The minimum absolute atomic E-state index is 0.216. The SMILES string of the molecule is CCN(CCC(=O)OC)c1ccc(C#N)c2ccccc12. The first-order chi connectivity index (χ1) is 10.2. The van der Waals surface area contributed by atoms with Crippen LogP contribution in [0.3, 0.4) is 0 Å². The van der Waals surface area contributed by atoms with E-state index in [-0.39, 0.29) is 5.97 Å². The first kappa shape index (κ1) is 14.9. The molecule has 0 unspecified atom stereocenters. The predicted octanol–water partition coefficient (Wildman–Crippen LogP) is 3.10. The fraction of sp³-hybridized carbons (Fsp3) is 0.294. The van der Waals surface area contributed by atoms with Crippen molar-refractivity contribution in [1.29, 1.82) is 5.26 Å². The number of hydrogen-bond acceptors (Lipinski definition) is 4. The minimum Gasteiger partial charge on any atom is -0.469 e. The molecule has 0 fully saturated rings. The molecular formula is C17H18N2O2. The van der Waals surface area contributed by atoms with Crippen LogP contribution in [0.1, 0.15) is 18.9 Å². The summed E-state index contributed by atoms with van der Waals surface area (Å²) in [4.78, 5) is 13.5. The van der Waals surface area contributed by atoms with Gasteiger partial charge >= 0.3 is 5.97 Å². The lowest BCUT2D eigenvalue weighted by Crippen LogP contribution is -2.26. The summed E-state index contributed by atoms with van der Waals surface area (Å²) in [7, 11) is 1.40. The summed E-state index contributed by atoms with van der Waals surface area (Å²) in [5.41, 5.74) is 1.70. The highest BCUT2D eigenvalue weighted by Gasteiger charge is 2.12. The molecule has 0 aliphatic rings. The highest BCUT2D eigenvalue weighted by atomic mass is 16.5. The standard InChI is InChI=1S/C17H18N2O2/c1-3-19(11-10-17(20)21-2)16-9-8-13(12-18)14-6-4-5-7-15(14)16/h4-9H,3,10-11H2,1-2H3. The van der Waals surface area contributed by atoms with Gasteiger partial charge in [-0.3, -0.25) is 4.79 Å². The maximum Gasteiger partial charge on any atom is 0.307 e. The second kappa shape index (κ2) is 6.76. The van der Waals surface area contributed by atoms with E-state index in [1.807, 2.05) is 43.3 Å². The molecule has 2 aromatic rings. The fourth-order valence-corrected chi connectivity index (χ4v) is 2.43. The first-order valence-electron chi connectivity index (χ1n) is 6.94. The van der Waals surface area contributed by atoms with E-state index in [9.17, 15) is 10.1 Å². The van der Waals surface area contributed by atoms with Crippen molar-refractivity contribution in [1.82, 2.24) is 0 Å². The zero-order valence-electron chi connectivity index (χ0n) is 12.3. The van der Waals surface area contributed by atoms with E-state index in [0.29, 0.717) is 18.5 Å². The number of fused-ring (bicyclic) bond motifs is 1. The minimum atomic E-state index is -0.216. The number of carbonyl (C=O) groups is 1. The van der Waals surface area contributed by atoms with Gasteiger partial charge in [0, 0.05) is 29.5 Å². The van der Waals surface area contributed by atoms with E-state index in [4.69, 9.17) is 4.74 Å². The molecule has 0 heterocycles. The summed E-state index contributed by atoms with van der Waals surface area (Å²) in [6.07, 6.45) is 0.346. The smallest absolute Gasteiger partial charge is 0.307 e. The molecule has 0 saturated carbocycles. The molecule has 0 N–H and O–H groups in total. The molecule has 0 aliphatic carbocycles. The van der Waals surface area contributed by atoms with Crippen LogP contribution in [-0.4, -0.2) is 26.2 Å². The number of rotatable bonds is 5. The normalized spacial score (nSPS) is 10.1. The Labute approximate surface area is 124 Å². The van der Waals surface area contributed by atoms with Crippen molar-refractivity contribution in [2.75, 3.05) is 25.1 Å². The topological polar surface area (TPSA) is 53.3 Å². The van der Waals surface area contributed by atoms with Crippen LogP contribution >= 0.6 is 0 Å². The Bertz CT molecular complexity index is 689. The van der Waals surface area contributed by atoms with Crippen LogP contribution in [0, 0.1) is 11.3 Å². The summed E-state index contributed by atoms with van der Waals surface area (Å²) < 4.78 is 4.70. The predicted molar refractivity (Wildman–Crippen MR) is 83.2 cm³/mol. The van der Waals surface area contributed by atoms with Crippen LogP contribution in [0.15, 0.2) is 36.4 Å². The van der Waals surface area contributed by atoms with Gasteiger partial charge < -0.3 is 9.64 Å². The molecule has 0 amide bonds. The molecule has 108 valence electrons. The molecule has 2 aromatic carbocycles. The van der Waals surface area contributed by atoms with Crippen LogP contribution < -0.4 is 4.90 Å². The molecule has 0 bridgehead atoms. The lowest BCUT2D eigenvalue weighted by atomic mass is 10.0. The number of nitriles is 1. The van der Waals surface area contributed by atoms with Crippen LogP contribution in [0.25, 0.3) is 10.8 Å². The Morgan fingerprint density at radius 2 is 1.95 bits per heavy atom. The zero-order valence-corrected chi connectivity index (χ0v) is 12.3. The highest BCUT2D eigenvalue weighted by molar-refractivity contribution is 5.97. The lowest BCUT2D eigenvalue weighted by molar-refractivity contribution is -0.140. The molecule has 0 aliphatic heterocycles. The zero-order chi connectivity index (χ0) is 15.2. The molecular weight excluding hydrogens is 264 g/mol. The summed E-state index contributed by atoms with van der Waals surface area (Å²) in [6.45, 7) is 3.43. The Kier molecular flexibility index (Phi) is 4.78. The van der Waals surface area contributed by atoms with Gasteiger partial charge in [0.1, 0.15) is 0 Å². The Morgan fingerprint density at radius 3 is 2.57 bits per heavy atom. The monoisotopic (exact) mass is 282 g/mol. The van der Waals surface area contributed by atoms with E-state index < -0.39 is 0 Å². The number of carbonyl (C=O) groups excluding carboxylic acids is 1. The Morgan fingerprint density at radius 1 is 1.24 bits per heavy atom. The van der Waals surface area contributed by atoms with E-state index in [0.717, 1.165) is 23.0 Å². The molecule has 0 spiro atoms. The van der Waals surface area contributed by atoms with E-state index >= 15 is 0 Å². The van der Waals surface area contributed by atoms with Gasteiger partial charge in [0.15, 0.2) is 0 Å². The second-order valence-corrected chi connectivity index (χ2v) is 4.70. The van der Waals surface area contributed by atoms with Gasteiger partial charge in [0.05, 0.1) is 25.2 Å². The molecule has 2 rings (SSSR count). The van der Waals surface area contributed by atoms with Gasteiger partial charge in [-0.15, -0.1) is 0 Å². The summed E-state index contributed by atoms with van der Waals surface area (Å²) in [5, 5.41) is 11.2. The maximum absolute atomic E-state index is 11.3. The largest absolute Gasteiger partial charge is 0.469 e. The van der Waals surface area contributed by atoms with Crippen molar-refractivity contribution in [3.8, 4) is 6.07 Å². The third kappa shape index (κ3) is 3.14. The molecule has 0 atom stereocenters. The van der Waals surface area contributed by atoms with E-state index in [2.05, 4.69) is 11.0 Å². The average molecular weight is 282 g/mol. The molecule has 4 heteroatoms. The van der Waals surface area contributed by atoms with Crippen molar-refractivity contribution in [2.45, 2.75) is 13.3 Å². The van der Waals surface area contributed by atoms with Crippen molar-refractivity contribution < 1.29 is 9.53 Å². The number of benzene rings is 2. The van der Waals surface area contributed by atoms with Gasteiger partial charge in [0.25, 0.3) is 0 Å². The van der Waals surface area contributed by atoms with Gasteiger partial charge in [-0.2, -0.15) is 5.26 Å². The van der Waals surface area contributed by atoms with Gasteiger partial charge in [0.2, 0.25) is 0 Å². The van der Waals surface area contributed by atoms with Crippen molar-refractivity contribution in [2.24, 2.45) is 0 Å². The fourth-order valence-electron chi connectivity index (χ4n) is 2.43. The quantitative estimate of drug-likeness (QED) is 0.791. The number of hydrogen-bond donors (Lipinski definition) is 0. The molecule has 0 aromatic heterocycles. The molecule has 4 nitrogen and oxygen atoms in total. The van der Waals surface area contributed by atoms with Crippen LogP contribution in [0.2, 0.25) is 0 Å². The third-order valence-corrected chi connectivity index (χ3v) is 3.56. The number of methoxy groups -OCH3 is 1. The van der Waals surface area contributed by atoms with E-state index in [1.165, 1.54) is 7.11 Å². The maximum atomic E-state index is 11.3. The number of anilines is 1. The summed E-state index contributed by atoms with van der Waals surface area (Å²) >= 11 is 0. The number of nitrogens with zero attached hydrogens (tertiary/aromatic N) is 2. The third-order valence-electron chi connectivity index (χ3n) is 3.56. The molecule has 0 radical (unpaired) electrons. The molecule has 21 heavy (non-hydrogen) atoms. The van der Waals surface area contributed by atoms with Crippen molar-refractivity contribution in [3.05, 3.63) is 42.0 Å². The van der Waals surface area contributed by atoms with Gasteiger partial charge in [-0.05, 0) is 19.1 Å². The Hall–Kier alpha value is -2.54. The second-order valence-electron chi connectivity index (χ2n) is 4.70. The summed E-state index contributed by atoms with van der Waals surface area (Å²) in [6, 6.07) is 13.8. The van der Waals surface area contributed by atoms with Gasteiger partial charge in [-0.1, -0.05) is 24.3 Å². The number of esters is 1. The summed E-state index contributed by atoms with van der Waals surface area (Å²) in [5.74, 6) is -0.216. The molecule has 0 saturated heterocycles.